The third-order valence-electron chi connectivity index (χ3n) is 2.66. The Balaban J connectivity index is 2.32. The van der Waals surface area contributed by atoms with Crippen molar-refractivity contribution in [3.63, 3.8) is 0 Å². The minimum absolute atomic E-state index is 0.667. The Morgan fingerprint density at radius 2 is 1.90 bits per heavy atom. The molecule has 0 bridgehead atoms. The van der Waals surface area contributed by atoms with Gasteiger partial charge in [-0.3, -0.25) is 0 Å². The van der Waals surface area contributed by atoms with Crippen LogP contribution in [0.25, 0.3) is 0 Å². The maximum absolute atomic E-state index is 3.40. The Morgan fingerprint density at radius 3 is 2.40 bits per heavy atom. The molecule has 1 aliphatic rings. The van der Waals surface area contributed by atoms with Crippen LogP contribution in [0, 0.1) is 5.41 Å². The van der Waals surface area contributed by atoms with Crippen LogP contribution < -0.4 is 5.32 Å². The second-order valence-electron chi connectivity index (χ2n) is 3.81. The lowest BCUT2D eigenvalue weighted by atomic mass is 9.77. The summed E-state index contributed by atoms with van der Waals surface area (Å²) in [4.78, 5) is 0. The average Bonchev–Trinajstić information content (AvgIpc) is 1.89. The lowest BCUT2D eigenvalue weighted by molar-refractivity contribution is 0.210. The van der Waals surface area contributed by atoms with Crippen molar-refractivity contribution >= 4 is 0 Å². The number of nitrogens with one attached hydrogen (secondary N) is 1. The van der Waals surface area contributed by atoms with Gasteiger partial charge in [0.2, 0.25) is 0 Å². The van der Waals surface area contributed by atoms with Gasteiger partial charge in [0, 0.05) is 0 Å². The van der Waals surface area contributed by atoms with Crippen molar-refractivity contribution < 1.29 is 0 Å². The summed E-state index contributed by atoms with van der Waals surface area (Å²) < 4.78 is 0. The average molecular weight is 141 g/mol. The molecule has 0 aromatic rings. The lowest BCUT2D eigenvalue weighted by Gasteiger charge is -2.33. The molecular formula is C9H19N. The summed E-state index contributed by atoms with van der Waals surface area (Å²) >= 11 is 0. The lowest BCUT2D eigenvalue weighted by Crippen LogP contribution is -2.34. The Morgan fingerprint density at radius 1 is 1.30 bits per heavy atom. The van der Waals surface area contributed by atoms with Gasteiger partial charge in [-0.05, 0) is 37.8 Å². The summed E-state index contributed by atoms with van der Waals surface area (Å²) in [7, 11) is 0. The molecule has 0 aliphatic carbocycles. The number of piperidine rings is 1. The second kappa shape index (κ2) is 3.38. The van der Waals surface area contributed by atoms with Crippen molar-refractivity contribution in [1.29, 1.82) is 0 Å². The van der Waals surface area contributed by atoms with Crippen LogP contribution in [-0.4, -0.2) is 13.1 Å². The van der Waals surface area contributed by atoms with E-state index in [1.54, 1.807) is 0 Å². The Labute approximate surface area is 64.2 Å². The standard InChI is InChI=1S/C9H19N/c1-3-4-9(2)5-7-10-8-6-9/h10H,3-8H2,1-2H3. The van der Waals surface area contributed by atoms with Crippen molar-refractivity contribution in [2.45, 2.75) is 39.5 Å². The molecule has 0 aromatic heterocycles. The quantitative estimate of drug-likeness (QED) is 0.621. The first kappa shape index (κ1) is 8.06. The van der Waals surface area contributed by atoms with Crippen LogP contribution in [0.5, 0.6) is 0 Å². The van der Waals surface area contributed by atoms with Gasteiger partial charge in [0.05, 0.1) is 0 Å². The fraction of sp³-hybridized carbons (Fsp3) is 1.00. The van der Waals surface area contributed by atoms with Gasteiger partial charge >= 0.3 is 0 Å². The molecule has 0 saturated carbocycles. The zero-order valence-corrected chi connectivity index (χ0v) is 7.24. The van der Waals surface area contributed by atoms with Gasteiger partial charge in [-0.15, -0.1) is 0 Å². The van der Waals surface area contributed by atoms with Crippen LogP contribution in [0.4, 0.5) is 0 Å². The minimum atomic E-state index is 0.667. The van der Waals surface area contributed by atoms with Crippen molar-refractivity contribution in [3.8, 4) is 0 Å². The van der Waals surface area contributed by atoms with Gasteiger partial charge < -0.3 is 5.32 Å². The minimum Gasteiger partial charge on any atom is -0.317 e. The fourth-order valence-corrected chi connectivity index (χ4v) is 1.88. The maximum Gasteiger partial charge on any atom is -0.00437 e. The van der Waals surface area contributed by atoms with Crippen LogP contribution in [-0.2, 0) is 0 Å². The Bertz CT molecular complexity index is 87.4. The largest absolute Gasteiger partial charge is 0.317 e. The normalized spacial score (nSPS) is 24.6. The SMILES string of the molecule is CCCC1(C)CCNCC1. The third-order valence-corrected chi connectivity index (χ3v) is 2.66. The maximum atomic E-state index is 3.40. The van der Waals surface area contributed by atoms with Crippen molar-refractivity contribution in [1.82, 2.24) is 5.32 Å². The molecule has 10 heavy (non-hydrogen) atoms. The van der Waals surface area contributed by atoms with Gasteiger partial charge in [0.1, 0.15) is 0 Å². The zero-order valence-electron chi connectivity index (χ0n) is 7.24. The topological polar surface area (TPSA) is 12.0 Å². The summed E-state index contributed by atoms with van der Waals surface area (Å²) in [5.74, 6) is 0. The van der Waals surface area contributed by atoms with E-state index in [1.165, 1.54) is 38.8 Å². The van der Waals surface area contributed by atoms with E-state index in [-0.39, 0.29) is 0 Å². The molecule has 1 heterocycles. The Kier molecular flexibility index (Phi) is 2.72. The van der Waals surface area contributed by atoms with Crippen molar-refractivity contribution in [2.24, 2.45) is 5.41 Å². The monoisotopic (exact) mass is 141 g/mol. The summed E-state index contributed by atoms with van der Waals surface area (Å²) in [6, 6.07) is 0. The molecule has 0 radical (unpaired) electrons. The summed E-state index contributed by atoms with van der Waals surface area (Å²) in [5, 5.41) is 3.40. The molecule has 1 aliphatic heterocycles. The molecule has 1 heteroatoms. The first-order valence-electron chi connectivity index (χ1n) is 4.47. The number of hydrogen-bond donors (Lipinski definition) is 1. The molecule has 0 amide bonds. The van der Waals surface area contributed by atoms with Crippen molar-refractivity contribution in [3.05, 3.63) is 0 Å². The predicted molar refractivity (Wildman–Crippen MR) is 45.1 cm³/mol. The van der Waals surface area contributed by atoms with Crippen LogP contribution in [0.15, 0.2) is 0 Å². The van der Waals surface area contributed by atoms with E-state index in [1.807, 2.05) is 0 Å². The molecule has 0 aromatic carbocycles. The molecule has 1 saturated heterocycles. The number of rotatable bonds is 2. The summed E-state index contributed by atoms with van der Waals surface area (Å²) in [6.45, 7) is 7.18. The third kappa shape index (κ3) is 1.98. The molecule has 1 N–H and O–H groups in total. The molecule has 1 fully saturated rings. The van der Waals surface area contributed by atoms with Crippen LogP contribution in [0.2, 0.25) is 0 Å². The van der Waals surface area contributed by atoms with Crippen LogP contribution >= 0.6 is 0 Å². The first-order valence-corrected chi connectivity index (χ1v) is 4.47. The highest BCUT2D eigenvalue weighted by Gasteiger charge is 2.24. The first-order chi connectivity index (χ1) is 4.77. The van der Waals surface area contributed by atoms with Gasteiger partial charge in [-0.1, -0.05) is 20.3 Å². The van der Waals surface area contributed by atoms with E-state index in [0.29, 0.717) is 5.41 Å². The van der Waals surface area contributed by atoms with E-state index in [2.05, 4.69) is 19.2 Å². The van der Waals surface area contributed by atoms with E-state index >= 15 is 0 Å². The number of hydrogen-bond acceptors (Lipinski definition) is 1. The highest BCUT2D eigenvalue weighted by Crippen LogP contribution is 2.32. The molecule has 1 nitrogen and oxygen atoms in total. The van der Waals surface area contributed by atoms with Gasteiger partial charge in [0.25, 0.3) is 0 Å². The van der Waals surface area contributed by atoms with E-state index in [0.717, 1.165) is 0 Å². The molecular weight excluding hydrogens is 122 g/mol. The fourth-order valence-electron chi connectivity index (χ4n) is 1.88. The summed E-state index contributed by atoms with van der Waals surface area (Å²) in [5.41, 5.74) is 0.667. The van der Waals surface area contributed by atoms with Crippen LogP contribution in [0.3, 0.4) is 0 Å². The molecule has 1 rings (SSSR count). The van der Waals surface area contributed by atoms with E-state index in [9.17, 15) is 0 Å². The molecule has 0 spiro atoms. The zero-order chi connectivity index (χ0) is 7.45. The highest BCUT2D eigenvalue weighted by molar-refractivity contribution is 4.79. The second-order valence-corrected chi connectivity index (χ2v) is 3.81. The molecule has 0 unspecified atom stereocenters. The highest BCUT2D eigenvalue weighted by atomic mass is 14.9. The van der Waals surface area contributed by atoms with E-state index in [4.69, 9.17) is 0 Å². The van der Waals surface area contributed by atoms with Gasteiger partial charge in [-0.25, -0.2) is 0 Å². The van der Waals surface area contributed by atoms with Crippen LogP contribution in [0.1, 0.15) is 39.5 Å². The molecule has 60 valence electrons. The predicted octanol–water partition coefficient (Wildman–Crippen LogP) is 2.18. The van der Waals surface area contributed by atoms with Crippen molar-refractivity contribution in [2.75, 3.05) is 13.1 Å². The van der Waals surface area contributed by atoms with E-state index < -0.39 is 0 Å². The van der Waals surface area contributed by atoms with Gasteiger partial charge in [0.15, 0.2) is 0 Å². The molecule has 0 atom stereocenters. The smallest absolute Gasteiger partial charge is 0.00437 e. The van der Waals surface area contributed by atoms with Gasteiger partial charge in [-0.2, -0.15) is 0 Å². The summed E-state index contributed by atoms with van der Waals surface area (Å²) in [6.07, 6.45) is 5.51. The Hall–Kier alpha value is -0.0400.